The molecule has 1 rings (SSSR count). The van der Waals surface area contributed by atoms with E-state index in [1.54, 1.807) is 0 Å². The summed E-state index contributed by atoms with van der Waals surface area (Å²) in [6.07, 6.45) is 5.38. The molecule has 1 fully saturated rings. The molecule has 1 aliphatic rings. The van der Waals surface area contributed by atoms with Gasteiger partial charge in [-0.1, -0.05) is 6.92 Å². The summed E-state index contributed by atoms with van der Waals surface area (Å²) in [5.74, 6) is 0.798. The fourth-order valence-corrected chi connectivity index (χ4v) is 2.73. The monoisotopic (exact) mass is 256 g/mol. The number of ether oxygens (including phenoxy) is 1. The quantitative estimate of drug-likeness (QED) is 0.785. The Morgan fingerprint density at radius 1 is 1.28 bits per heavy atom. The first kappa shape index (κ1) is 15.5. The molecule has 1 atom stereocenters. The van der Waals surface area contributed by atoms with Crippen LogP contribution in [0.25, 0.3) is 0 Å². The Kier molecular flexibility index (Phi) is 5.64. The predicted molar refractivity (Wildman–Crippen MR) is 72.2 cm³/mol. The zero-order valence-electron chi connectivity index (χ0n) is 12.2. The maximum atomic E-state index is 11.7. The SMILES string of the molecule is CCC(O)C1CCC(CC(=O)OC(C)(C)C)CC1. The molecule has 106 valence electrons. The van der Waals surface area contributed by atoms with Gasteiger partial charge >= 0.3 is 5.97 Å². The Labute approximate surface area is 111 Å². The number of hydrogen-bond acceptors (Lipinski definition) is 3. The number of esters is 1. The maximum Gasteiger partial charge on any atom is 0.306 e. The van der Waals surface area contributed by atoms with Crippen LogP contribution in [-0.2, 0) is 9.53 Å². The van der Waals surface area contributed by atoms with Crippen LogP contribution in [0, 0.1) is 11.8 Å². The van der Waals surface area contributed by atoms with Crippen LogP contribution in [0.1, 0.15) is 66.2 Å². The Balaban J connectivity index is 2.29. The van der Waals surface area contributed by atoms with E-state index in [2.05, 4.69) is 0 Å². The molecule has 3 nitrogen and oxygen atoms in total. The Morgan fingerprint density at radius 3 is 2.28 bits per heavy atom. The van der Waals surface area contributed by atoms with Gasteiger partial charge in [0.15, 0.2) is 0 Å². The van der Waals surface area contributed by atoms with Crippen molar-refractivity contribution >= 4 is 5.97 Å². The highest BCUT2D eigenvalue weighted by Gasteiger charge is 2.28. The van der Waals surface area contributed by atoms with Crippen LogP contribution < -0.4 is 0 Å². The highest BCUT2D eigenvalue weighted by Crippen LogP contribution is 2.33. The number of carbonyl (C=O) groups excluding carboxylic acids is 1. The Morgan fingerprint density at radius 2 is 1.83 bits per heavy atom. The molecule has 0 heterocycles. The molecular formula is C15H28O3. The van der Waals surface area contributed by atoms with E-state index in [0.29, 0.717) is 18.3 Å². The number of rotatable bonds is 4. The number of carbonyl (C=O) groups is 1. The van der Waals surface area contributed by atoms with E-state index in [1.165, 1.54) is 0 Å². The third kappa shape index (κ3) is 5.38. The number of aliphatic hydroxyl groups excluding tert-OH is 1. The van der Waals surface area contributed by atoms with Crippen molar-refractivity contribution < 1.29 is 14.6 Å². The van der Waals surface area contributed by atoms with Crippen molar-refractivity contribution in [2.24, 2.45) is 11.8 Å². The van der Waals surface area contributed by atoms with Crippen LogP contribution in [0.2, 0.25) is 0 Å². The minimum Gasteiger partial charge on any atom is -0.460 e. The normalized spacial score (nSPS) is 26.7. The molecule has 0 radical (unpaired) electrons. The molecule has 1 unspecified atom stereocenters. The standard InChI is InChI=1S/C15H28O3/c1-5-13(16)12-8-6-11(7-9-12)10-14(17)18-15(2,3)4/h11-13,16H,5-10H2,1-4H3. The molecule has 0 aromatic carbocycles. The summed E-state index contributed by atoms with van der Waals surface area (Å²) in [7, 11) is 0. The fourth-order valence-electron chi connectivity index (χ4n) is 2.73. The van der Waals surface area contributed by atoms with Gasteiger partial charge in [0.05, 0.1) is 6.10 Å². The molecule has 0 bridgehead atoms. The minimum atomic E-state index is -0.382. The number of aliphatic hydroxyl groups is 1. The van der Waals surface area contributed by atoms with Crippen LogP contribution >= 0.6 is 0 Å². The van der Waals surface area contributed by atoms with E-state index < -0.39 is 0 Å². The third-order valence-corrected chi connectivity index (χ3v) is 3.73. The van der Waals surface area contributed by atoms with Crippen molar-refractivity contribution in [3.8, 4) is 0 Å². The van der Waals surface area contributed by atoms with E-state index >= 15 is 0 Å². The van der Waals surface area contributed by atoms with E-state index in [0.717, 1.165) is 32.1 Å². The summed E-state index contributed by atoms with van der Waals surface area (Å²) in [6, 6.07) is 0. The van der Waals surface area contributed by atoms with Crippen LogP contribution in [0.5, 0.6) is 0 Å². The molecule has 0 amide bonds. The van der Waals surface area contributed by atoms with Crippen LogP contribution in [0.4, 0.5) is 0 Å². The molecule has 1 N–H and O–H groups in total. The summed E-state index contributed by atoms with van der Waals surface area (Å²) in [5.41, 5.74) is -0.382. The summed E-state index contributed by atoms with van der Waals surface area (Å²) in [4.78, 5) is 11.7. The highest BCUT2D eigenvalue weighted by molar-refractivity contribution is 5.70. The van der Waals surface area contributed by atoms with Crippen LogP contribution in [-0.4, -0.2) is 22.8 Å². The van der Waals surface area contributed by atoms with E-state index in [9.17, 15) is 9.90 Å². The third-order valence-electron chi connectivity index (χ3n) is 3.73. The smallest absolute Gasteiger partial charge is 0.306 e. The van der Waals surface area contributed by atoms with E-state index in [-0.39, 0.29) is 17.7 Å². The lowest BCUT2D eigenvalue weighted by Gasteiger charge is -2.31. The molecule has 1 saturated carbocycles. The Bertz CT molecular complexity index is 259. The van der Waals surface area contributed by atoms with Gasteiger partial charge in [-0.15, -0.1) is 0 Å². The first-order valence-electron chi connectivity index (χ1n) is 7.21. The average molecular weight is 256 g/mol. The second-order valence-electron chi connectivity index (χ2n) is 6.55. The second kappa shape index (κ2) is 6.55. The van der Waals surface area contributed by atoms with E-state index in [4.69, 9.17) is 4.74 Å². The van der Waals surface area contributed by atoms with Crippen molar-refractivity contribution in [2.75, 3.05) is 0 Å². The lowest BCUT2D eigenvalue weighted by molar-refractivity contribution is -0.156. The zero-order chi connectivity index (χ0) is 13.8. The molecular weight excluding hydrogens is 228 g/mol. The topological polar surface area (TPSA) is 46.5 Å². The van der Waals surface area contributed by atoms with Crippen molar-refractivity contribution in [1.29, 1.82) is 0 Å². The van der Waals surface area contributed by atoms with Crippen molar-refractivity contribution in [2.45, 2.75) is 77.9 Å². The van der Waals surface area contributed by atoms with Gasteiger partial charge in [-0.3, -0.25) is 4.79 Å². The van der Waals surface area contributed by atoms with Gasteiger partial charge in [0.2, 0.25) is 0 Å². The van der Waals surface area contributed by atoms with Crippen LogP contribution in [0.3, 0.4) is 0 Å². The lowest BCUT2D eigenvalue weighted by Crippen LogP contribution is -2.28. The molecule has 3 heteroatoms. The highest BCUT2D eigenvalue weighted by atomic mass is 16.6. The minimum absolute atomic E-state index is 0.0815. The molecule has 0 aromatic rings. The van der Waals surface area contributed by atoms with Gasteiger partial charge < -0.3 is 9.84 Å². The largest absolute Gasteiger partial charge is 0.460 e. The maximum absolute atomic E-state index is 11.7. The molecule has 18 heavy (non-hydrogen) atoms. The molecule has 0 aromatic heterocycles. The summed E-state index contributed by atoms with van der Waals surface area (Å²) >= 11 is 0. The van der Waals surface area contributed by atoms with Gasteiger partial charge in [-0.05, 0) is 64.7 Å². The first-order chi connectivity index (χ1) is 8.31. The van der Waals surface area contributed by atoms with Gasteiger partial charge in [-0.2, -0.15) is 0 Å². The van der Waals surface area contributed by atoms with Gasteiger partial charge in [-0.25, -0.2) is 0 Å². The van der Waals surface area contributed by atoms with Gasteiger partial charge in [0.1, 0.15) is 5.60 Å². The van der Waals surface area contributed by atoms with Gasteiger partial charge in [0, 0.05) is 6.42 Å². The van der Waals surface area contributed by atoms with E-state index in [1.807, 2.05) is 27.7 Å². The average Bonchev–Trinajstić information content (AvgIpc) is 2.26. The summed E-state index contributed by atoms with van der Waals surface area (Å²) < 4.78 is 5.35. The summed E-state index contributed by atoms with van der Waals surface area (Å²) in [5, 5.41) is 9.81. The lowest BCUT2D eigenvalue weighted by atomic mass is 9.78. The Hall–Kier alpha value is -0.570. The summed E-state index contributed by atoms with van der Waals surface area (Å²) in [6.45, 7) is 7.73. The zero-order valence-corrected chi connectivity index (χ0v) is 12.2. The second-order valence-corrected chi connectivity index (χ2v) is 6.55. The fraction of sp³-hybridized carbons (Fsp3) is 0.933. The van der Waals surface area contributed by atoms with Crippen molar-refractivity contribution in [3.05, 3.63) is 0 Å². The molecule has 0 saturated heterocycles. The number of hydrogen-bond donors (Lipinski definition) is 1. The molecule has 0 aliphatic heterocycles. The van der Waals surface area contributed by atoms with Crippen LogP contribution in [0.15, 0.2) is 0 Å². The molecule has 0 spiro atoms. The predicted octanol–water partition coefficient (Wildman–Crippen LogP) is 3.30. The molecule has 1 aliphatic carbocycles. The first-order valence-corrected chi connectivity index (χ1v) is 7.21. The van der Waals surface area contributed by atoms with Gasteiger partial charge in [0.25, 0.3) is 0 Å². The van der Waals surface area contributed by atoms with Crippen molar-refractivity contribution in [1.82, 2.24) is 0 Å². The van der Waals surface area contributed by atoms with Crippen molar-refractivity contribution in [3.63, 3.8) is 0 Å².